The van der Waals surface area contributed by atoms with Crippen molar-refractivity contribution in [1.82, 2.24) is 10.6 Å². The fraction of sp³-hybridized carbons (Fsp3) is 0.400. The number of ether oxygens (including phenoxy) is 2. The van der Waals surface area contributed by atoms with Gasteiger partial charge in [0.05, 0.1) is 11.5 Å². The number of rotatable bonds is 8. The Kier molecular flexibility index (Phi) is 13.2. The van der Waals surface area contributed by atoms with Crippen LogP contribution < -0.4 is 10.6 Å². The van der Waals surface area contributed by atoms with Gasteiger partial charge in [0.25, 0.3) is 0 Å². The quantitative estimate of drug-likeness (QED) is 0.326. The summed E-state index contributed by atoms with van der Waals surface area (Å²) in [7, 11) is 0. The van der Waals surface area contributed by atoms with Crippen LogP contribution in [0.5, 0.6) is 0 Å². The third-order valence-electron chi connectivity index (χ3n) is 7.34. The predicted molar refractivity (Wildman–Crippen MR) is 167 cm³/mol. The molecule has 0 aliphatic carbocycles. The molecule has 0 aromatic heterocycles. The topological polar surface area (TPSA) is 128 Å². The van der Waals surface area contributed by atoms with E-state index in [2.05, 4.69) is 10.6 Å². The fourth-order valence-electron chi connectivity index (χ4n) is 4.65. The maximum atomic E-state index is 14.3. The van der Waals surface area contributed by atoms with Gasteiger partial charge in [0.15, 0.2) is 12.4 Å². The minimum atomic E-state index is -1.15. The van der Waals surface area contributed by atoms with Gasteiger partial charge in [-0.15, -0.1) is 0 Å². The van der Waals surface area contributed by atoms with E-state index >= 15 is 0 Å². The van der Waals surface area contributed by atoms with Crippen LogP contribution >= 0.6 is 0 Å². The first kappa shape index (κ1) is 34.9. The van der Waals surface area contributed by atoms with E-state index in [-0.39, 0.29) is 43.2 Å². The van der Waals surface area contributed by atoms with E-state index in [9.17, 15) is 28.4 Å². The average molecular weight is 621 g/mol. The third kappa shape index (κ3) is 11.1. The molecule has 0 spiro atoms. The molecule has 3 rings (SSSR count). The average Bonchev–Trinajstić information content (AvgIpc) is 3.01. The lowest BCUT2D eigenvalue weighted by atomic mass is 9.99. The Morgan fingerprint density at radius 2 is 1.73 bits per heavy atom. The molecule has 0 saturated carbocycles. The monoisotopic (exact) mass is 620 g/mol. The molecular weight excluding hydrogens is 579 g/mol. The van der Waals surface area contributed by atoms with E-state index in [0.29, 0.717) is 11.8 Å². The van der Waals surface area contributed by atoms with Gasteiger partial charge in [0.2, 0.25) is 11.8 Å². The van der Waals surface area contributed by atoms with Crippen LogP contribution in [0.15, 0.2) is 66.8 Å². The SMILES string of the molecule is CC(C)C[C@@H]1OC(=O)[C@H](C)CNC(=O)[C@@H](Cc2ccc(C=O)c(F)c2)NC(=O)/C=C/C[C@@H]([C@H](C)/C=C/c2ccccc2)OC1=O. The summed E-state index contributed by atoms with van der Waals surface area (Å²) in [6, 6.07) is 12.4. The summed E-state index contributed by atoms with van der Waals surface area (Å²) in [6.45, 7) is 7.08. The summed E-state index contributed by atoms with van der Waals surface area (Å²) in [5, 5.41) is 5.27. The molecule has 0 fully saturated rings. The zero-order valence-corrected chi connectivity index (χ0v) is 26.0. The van der Waals surface area contributed by atoms with Gasteiger partial charge in [-0.25, -0.2) is 9.18 Å². The lowest BCUT2D eigenvalue weighted by molar-refractivity contribution is -0.175. The number of halogens is 1. The molecule has 2 N–H and O–H groups in total. The second kappa shape index (κ2) is 17.0. The first-order chi connectivity index (χ1) is 21.5. The van der Waals surface area contributed by atoms with E-state index in [0.717, 1.165) is 11.6 Å². The molecule has 0 radical (unpaired) electrons. The summed E-state index contributed by atoms with van der Waals surface area (Å²) in [5.74, 6) is -4.40. The second-order valence-corrected chi connectivity index (χ2v) is 11.7. The molecule has 1 aliphatic rings. The number of hydrogen-bond acceptors (Lipinski definition) is 7. The zero-order chi connectivity index (χ0) is 32.9. The molecule has 240 valence electrons. The maximum Gasteiger partial charge on any atom is 0.347 e. The molecule has 5 atom stereocenters. The molecule has 2 aromatic carbocycles. The van der Waals surface area contributed by atoms with Crippen LogP contribution in [0.25, 0.3) is 6.08 Å². The number of esters is 2. The minimum Gasteiger partial charge on any atom is -0.459 e. The van der Waals surface area contributed by atoms with E-state index in [1.165, 1.54) is 18.2 Å². The molecule has 0 bridgehead atoms. The summed E-state index contributed by atoms with van der Waals surface area (Å²) in [4.78, 5) is 63.5. The Balaban J connectivity index is 1.90. The second-order valence-electron chi connectivity index (χ2n) is 11.7. The van der Waals surface area contributed by atoms with Gasteiger partial charge < -0.3 is 20.1 Å². The first-order valence-corrected chi connectivity index (χ1v) is 15.1. The van der Waals surface area contributed by atoms with Gasteiger partial charge in [-0.2, -0.15) is 0 Å². The van der Waals surface area contributed by atoms with Crippen LogP contribution in [0, 0.1) is 23.6 Å². The number of carbonyl (C=O) groups is 5. The van der Waals surface area contributed by atoms with Crippen LogP contribution in [0.2, 0.25) is 0 Å². The summed E-state index contributed by atoms with van der Waals surface area (Å²) >= 11 is 0. The molecule has 9 nitrogen and oxygen atoms in total. The van der Waals surface area contributed by atoms with Gasteiger partial charge >= 0.3 is 11.9 Å². The van der Waals surface area contributed by atoms with Crippen LogP contribution in [0.3, 0.4) is 0 Å². The van der Waals surface area contributed by atoms with Gasteiger partial charge in [-0.3, -0.25) is 19.2 Å². The zero-order valence-electron chi connectivity index (χ0n) is 26.0. The Morgan fingerprint density at radius 3 is 2.40 bits per heavy atom. The van der Waals surface area contributed by atoms with E-state index in [1.807, 2.05) is 63.3 Å². The highest BCUT2D eigenvalue weighted by Crippen LogP contribution is 2.20. The van der Waals surface area contributed by atoms with E-state index in [1.54, 1.807) is 13.0 Å². The lowest BCUT2D eigenvalue weighted by Gasteiger charge is -2.26. The summed E-state index contributed by atoms with van der Waals surface area (Å²) in [6.07, 6.45) is 5.49. The number of amides is 2. The van der Waals surface area contributed by atoms with Gasteiger partial charge in [0.1, 0.15) is 18.0 Å². The van der Waals surface area contributed by atoms with E-state index < -0.39 is 53.7 Å². The largest absolute Gasteiger partial charge is 0.459 e. The van der Waals surface area contributed by atoms with Crippen molar-refractivity contribution in [2.75, 3.05) is 6.54 Å². The number of carbonyl (C=O) groups excluding carboxylic acids is 5. The number of cyclic esters (lactones) is 2. The molecule has 45 heavy (non-hydrogen) atoms. The predicted octanol–water partition coefficient (Wildman–Crippen LogP) is 4.60. The Morgan fingerprint density at radius 1 is 1.00 bits per heavy atom. The molecule has 2 aromatic rings. The van der Waals surface area contributed by atoms with Crippen molar-refractivity contribution in [1.29, 1.82) is 0 Å². The van der Waals surface area contributed by atoms with Crippen molar-refractivity contribution in [3.63, 3.8) is 0 Å². The van der Waals surface area contributed by atoms with Gasteiger partial charge in [-0.05, 0) is 41.7 Å². The van der Waals surface area contributed by atoms with Crippen LogP contribution in [-0.2, 0) is 35.1 Å². The molecule has 2 amide bonds. The summed E-state index contributed by atoms with van der Waals surface area (Å²) in [5.41, 5.74) is 1.22. The first-order valence-electron chi connectivity index (χ1n) is 15.1. The molecule has 0 saturated heterocycles. The van der Waals surface area contributed by atoms with Gasteiger partial charge in [0, 0.05) is 25.3 Å². The summed E-state index contributed by atoms with van der Waals surface area (Å²) < 4.78 is 25.8. The van der Waals surface area contributed by atoms with Crippen LogP contribution in [0.4, 0.5) is 4.39 Å². The molecule has 0 unspecified atom stereocenters. The highest BCUT2D eigenvalue weighted by atomic mass is 19.1. The lowest BCUT2D eigenvalue weighted by Crippen LogP contribution is -2.49. The Bertz CT molecular complexity index is 1410. The third-order valence-corrected chi connectivity index (χ3v) is 7.34. The molecule has 10 heteroatoms. The smallest absolute Gasteiger partial charge is 0.347 e. The Labute approximate surface area is 263 Å². The van der Waals surface area contributed by atoms with E-state index in [4.69, 9.17) is 9.47 Å². The van der Waals surface area contributed by atoms with Crippen molar-refractivity contribution < 1.29 is 37.8 Å². The number of benzene rings is 2. The fourth-order valence-corrected chi connectivity index (χ4v) is 4.65. The van der Waals surface area contributed by atoms with Crippen LogP contribution in [0.1, 0.15) is 62.0 Å². The highest BCUT2D eigenvalue weighted by Gasteiger charge is 2.31. The number of aldehydes is 1. The number of hydrogen-bond donors (Lipinski definition) is 2. The molecular formula is C35H41FN2O7. The van der Waals surface area contributed by atoms with Crippen molar-refractivity contribution in [2.45, 2.75) is 65.2 Å². The van der Waals surface area contributed by atoms with Crippen molar-refractivity contribution >= 4 is 36.1 Å². The standard InChI is InChI=1S/C35H41FN2O7/c1-22(2)17-31-35(43)44-30(23(3)13-14-25-9-6-5-7-10-25)11-8-12-32(40)38-29(33(41)37-20-24(4)34(42)45-31)19-26-15-16-27(21-39)28(36)18-26/h5-10,12-16,18,21-24,29-31H,11,17,19-20H2,1-4H3,(H,37,41)(H,38,40)/b12-8+,14-13+/t23-,24-,29-,30+,31+/m1/s1. The minimum absolute atomic E-state index is 0.0135. The van der Waals surface area contributed by atoms with Crippen molar-refractivity contribution in [2.24, 2.45) is 17.8 Å². The Hall–Kier alpha value is -4.60. The number of nitrogens with one attached hydrogen (secondary N) is 2. The highest BCUT2D eigenvalue weighted by molar-refractivity contribution is 5.93. The van der Waals surface area contributed by atoms with Crippen molar-refractivity contribution in [3.8, 4) is 0 Å². The van der Waals surface area contributed by atoms with Crippen LogP contribution in [-0.4, -0.2) is 54.8 Å². The maximum absolute atomic E-state index is 14.3. The normalized spacial score (nSPS) is 23.5. The van der Waals surface area contributed by atoms with Gasteiger partial charge in [-0.1, -0.05) is 82.3 Å². The molecule has 1 aliphatic heterocycles. The molecule has 1 heterocycles. The van der Waals surface area contributed by atoms with Crippen molar-refractivity contribution in [3.05, 3.63) is 89.3 Å².